The average Bonchev–Trinajstić information content (AvgIpc) is 3.47. The van der Waals surface area contributed by atoms with Crippen molar-refractivity contribution in [2.75, 3.05) is 6.61 Å². The van der Waals surface area contributed by atoms with Gasteiger partial charge in [0.15, 0.2) is 0 Å². The van der Waals surface area contributed by atoms with Crippen molar-refractivity contribution in [2.24, 2.45) is 0 Å². The molecule has 1 saturated heterocycles. The Morgan fingerprint density at radius 1 is 0.674 bits per heavy atom. The highest BCUT2D eigenvalue weighted by Crippen LogP contribution is 2.45. The van der Waals surface area contributed by atoms with E-state index in [0.29, 0.717) is 0 Å². The van der Waals surface area contributed by atoms with Gasteiger partial charge in [0, 0.05) is 0 Å². The first kappa shape index (κ1) is 32.1. The van der Waals surface area contributed by atoms with E-state index in [1.807, 2.05) is 79.7 Å². The quantitative estimate of drug-likeness (QED) is 0.176. The van der Waals surface area contributed by atoms with Crippen molar-refractivity contribution in [3.05, 3.63) is 162 Å². The number of hydrogen-bond acceptors (Lipinski definition) is 4. The third-order valence-corrected chi connectivity index (χ3v) is 15.9. The molecule has 6 rings (SSSR count). The van der Waals surface area contributed by atoms with Gasteiger partial charge < -0.3 is 4.43 Å². The molecule has 1 heterocycles. The summed E-state index contributed by atoms with van der Waals surface area (Å²) in [5.41, 5.74) is 2.95. The number of hydrogen-bond donors (Lipinski definition) is 1. The first-order valence-corrected chi connectivity index (χ1v) is 19.2. The second kappa shape index (κ2) is 13.1. The normalized spacial score (nSPS) is 19.3. The molecule has 1 N–H and O–H groups in total. The van der Waals surface area contributed by atoms with Crippen LogP contribution in [0.1, 0.15) is 49.5 Å². The highest BCUT2D eigenvalue weighted by molar-refractivity contribution is 7.89. The van der Waals surface area contributed by atoms with Crippen LogP contribution in [0.5, 0.6) is 0 Å². The van der Waals surface area contributed by atoms with Crippen molar-refractivity contribution < 1.29 is 12.8 Å². The summed E-state index contributed by atoms with van der Waals surface area (Å²) in [5, 5.41) is 5.81. The molecule has 0 bridgehead atoms. The van der Waals surface area contributed by atoms with Crippen LogP contribution in [-0.2, 0) is 14.4 Å². The van der Waals surface area contributed by atoms with Crippen molar-refractivity contribution in [2.45, 2.75) is 55.9 Å². The van der Waals surface area contributed by atoms with Crippen molar-refractivity contribution >= 4 is 28.7 Å². The van der Waals surface area contributed by atoms with Crippen LogP contribution < -0.4 is 15.7 Å². The van der Waals surface area contributed by atoms with Crippen LogP contribution in [-0.4, -0.2) is 33.8 Å². The number of rotatable bonds is 9. The Labute approximate surface area is 275 Å². The van der Waals surface area contributed by atoms with Crippen molar-refractivity contribution in [3.63, 3.8) is 0 Å². The predicted molar refractivity (Wildman–Crippen MR) is 189 cm³/mol. The molecule has 0 saturated carbocycles. The second-order valence-corrected chi connectivity index (χ2v) is 19.2. The molecule has 0 aliphatic carbocycles. The number of aryl methyl sites for hydroxylation is 1. The van der Waals surface area contributed by atoms with Gasteiger partial charge in [-0.25, -0.2) is 8.42 Å². The molecule has 0 amide bonds. The average molecular weight is 647 g/mol. The maximum absolute atomic E-state index is 14.8. The summed E-state index contributed by atoms with van der Waals surface area (Å²) in [6, 6.07) is 47.4. The maximum atomic E-state index is 14.8. The molecule has 3 atom stereocenters. The lowest BCUT2D eigenvalue weighted by Crippen LogP contribution is -2.67. The number of nitrogens with zero attached hydrogens (tertiary/aromatic N) is 1. The smallest absolute Gasteiger partial charge is 0.261 e. The van der Waals surface area contributed by atoms with E-state index in [4.69, 9.17) is 4.43 Å². The topological polar surface area (TPSA) is 58.6 Å². The van der Waals surface area contributed by atoms with E-state index < -0.39 is 30.5 Å². The van der Waals surface area contributed by atoms with Gasteiger partial charge >= 0.3 is 0 Å². The lowest BCUT2D eigenvalue weighted by Gasteiger charge is -2.44. The summed E-state index contributed by atoms with van der Waals surface area (Å²) in [7, 11) is -6.93. The molecule has 1 aliphatic heterocycles. The minimum absolute atomic E-state index is 0.172. The first-order chi connectivity index (χ1) is 22.1. The molecule has 7 heteroatoms. The van der Waals surface area contributed by atoms with E-state index >= 15 is 0 Å². The lowest BCUT2D eigenvalue weighted by atomic mass is 9.95. The summed E-state index contributed by atoms with van der Waals surface area (Å²) in [6.45, 7) is 8.85. The highest BCUT2D eigenvalue weighted by Gasteiger charge is 2.53. The van der Waals surface area contributed by atoms with Gasteiger partial charge in [-0.15, -0.1) is 0 Å². The zero-order valence-corrected chi connectivity index (χ0v) is 28.7. The molecule has 5 aromatic rings. The monoisotopic (exact) mass is 646 g/mol. The van der Waals surface area contributed by atoms with Crippen LogP contribution in [0, 0.1) is 6.92 Å². The second-order valence-electron chi connectivity index (χ2n) is 13.0. The Hall–Kier alpha value is -3.85. The van der Waals surface area contributed by atoms with Crippen molar-refractivity contribution in [1.82, 2.24) is 9.62 Å². The van der Waals surface area contributed by atoms with Gasteiger partial charge in [0.05, 0.1) is 29.8 Å². The van der Waals surface area contributed by atoms with E-state index in [2.05, 4.69) is 86.8 Å². The molecule has 5 nitrogen and oxygen atoms in total. The Balaban J connectivity index is 1.51. The van der Waals surface area contributed by atoms with Crippen molar-refractivity contribution in [1.29, 1.82) is 0 Å². The Morgan fingerprint density at radius 2 is 1.13 bits per heavy atom. The standard InChI is InChI=1S/C39H42N2O3SSi/c1-30-25-27-33(28-26-30)45(42,43)41-36(40-37(31-17-9-5-10-18-31)38(41)32-19-11-6-12-20-32)29-44-46(39(2,3)4,34-21-13-7-14-22-34)35-23-15-8-16-24-35/h5-28,36-38,40H,29H2,1-4H3/t36-,37+,38+/m0/s1. The molecule has 46 heavy (non-hydrogen) atoms. The van der Waals surface area contributed by atoms with Crippen molar-refractivity contribution in [3.8, 4) is 0 Å². The molecule has 0 unspecified atom stereocenters. The summed E-state index contributed by atoms with van der Waals surface area (Å²) in [4.78, 5) is 0.269. The molecule has 1 aliphatic rings. The fourth-order valence-corrected chi connectivity index (χ4v) is 13.2. The zero-order chi connectivity index (χ0) is 32.4. The largest absolute Gasteiger partial charge is 0.404 e. The molecular formula is C39H42N2O3SSi. The number of nitrogens with one attached hydrogen (secondary N) is 1. The Morgan fingerprint density at radius 3 is 1.61 bits per heavy atom. The van der Waals surface area contributed by atoms with E-state index in [9.17, 15) is 8.42 Å². The van der Waals surface area contributed by atoms with Gasteiger partial charge in [0.25, 0.3) is 8.32 Å². The van der Waals surface area contributed by atoms with Gasteiger partial charge in [-0.05, 0) is 45.6 Å². The summed E-state index contributed by atoms with van der Waals surface area (Å²) in [6.07, 6.45) is -0.636. The zero-order valence-electron chi connectivity index (χ0n) is 26.9. The summed E-state index contributed by atoms with van der Waals surface area (Å²) < 4.78 is 38.7. The molecule has 1 fully saturated rings. The Kier molecular flexibility index (Phi) is 9.14. The predicted octanol–water partition coefficient (Wildman–Crippen LogP) is 6.97. The van der Waals surface area contributed by atoms with Crippen LogP contribution in [0.25, 0.3) is 0 Å². The molecule has 236 valence electrons. The van der Waals surface area contributed by atoms with Gasteiger partial charge in [0.2, 0.25) is 10.0 Å². The fraction of sp³-hybridized carbons (Fsp3) is 0.231. The van der Waals surface area contributed by atoms with E-state index in [-0.39, 0.29) is 22.6 Å². The van der Waals surface area contributed by atoms with Crippen LogP contribution in [0.4, 0.5) is 0 Å². The van der Waals surface area contributed by atoms with E-state index in [1.54, 1.807) is 16.4 Å². The van der Waals surface area contributed by atoms with Crippen LogP contribution in [0.15, 0.2) is 150 Å². The van der Waals surface area contributed by atoms with E-state index in [1.165, 1.54) is 0 Å². The number of benzene rings is 5. The SMILES string of the molecule is Cc1ccc(S(=O)(=O)N2[C@H](c3ccccc3)[C@@H](c3ccccc3)N[C@@H]2CO[Si](c2ccccc2)(c2ccccc2)C(C)(C)C)cc1. The van der Waals surface area contributed by atoms with Gasteiger partial charge in [-0.2, -0.15) is 4.31 Å². The van der Waals surface area contributed by atoms with Crippen LogP contribution in [0.3, 0.4) is 0 Å². The van der Waals surface area contributed by atoms with Crippen LogP contribution in [0.2, 0.25) is 5.04 Å². The van der Waals surface area contributed by atoms with E-state index in [0.717, 1.165) is 27.1 Å². The third-order valence-electron chi connectivity index (χ3n) is 9.04. The van der Waals surface area contributed by atoms with Gasteiger partial charge in [-0.1, -0.05) is 160 Å². The minimum atomic E-state index is -3.97. The first-order valence-electron chi connectivity index (χ1n) is 15.8. The summed E-state index contributed by atoms with van der Waals surface area (Å²) >= 11 is 0. The van der Waals surface area contributed by atoms with Gasteiger partial charge in [-0.3, -0.25) is 5.32 Å². The van der Waals surface area contributed by atoms with Crippen LogP contribution >= 0.6 is 0 Å². The molecule has 5 aromatic carbocycles. The van der Waals surface area contributed by atoms with Gasteiger partial charge in [0.1, 0.15) is 0 Å². The maximum Gasteiger partial charge on any atom is 0.261 e. The third kappa shape index (κ3) is 6.01. The fourth-order valence-electron chi connectivity index (χ4n) is 6.88. The molecular weight excluding hydrogens is 605 g/mol. The minimum Gasteiger partial charge on any atom is -0.404 e. The number of sulfonamides is 1. The lowest BCUT2D eigenvalue weighted by molar-refractivity contribution is 0.195. The summed E-state index contributed by atoms with van der Waals surface area (Å²) in [5.74, 6) is 0. The Bertz CT molecular complexity index is 1790. The highest BCUT2D eigenvalue weighted by atomic mass is 32.2. The molecule has 0 spiro atoms. The molecule has 0 aromatic heterocycles. The molecule has 0 radical (unpaired) electrons.